The maximum atomic E-state index is 12.5. The highest BCUT2D eigenvalue weighted by Gasteiger charge is 1.99. The van der Waals surface area contributed by atoms with E-state index in [9.17, 15) is 4.39 Å². The minimum absolute atomic E-state index is 0. The Kier molecular flexibility index (Phi) is 2.19. The molecule has 0 aliphatic heterocycles. The third-order valence-electron chi connectivity index (χ3n) is 1.51. The van der Waals surface area contributed by atoms with Crippen molar-refractivity contribution in [2.75, 3.05) is 5.73 Å². The van der Waals surface area contributed by atoms with E-state index in [1.165, 1.54) is 23.0 Å². The van der Waals surface area contributed by atoms with Crippen molar-refractivity contribution in [2.45, 2.75) is 0 Å². The molecule has 0 saturated heterocycles. The van der Waals surface area contributed by atoms with Crippen LogP contribution in [0.2, 0.25) is 0 Å². The first-order valence-electron chi connectivity index (χ1n) is 3.16. The van der Waals surface area contributed by atoms with Gasteiger partial charge in [0.2, 0.25) is 0 Å². The number of aromatic nitrogens is 2. The molecule has 64 valence electrons. The van der Waals surface area contributed by atoms with Gasteiger partial charge in [0.1, 0.15) is 5.82 Å². The van der Waals surface area contributed by atoms with Crippen molar-refractivity contribution in [1.82, 2.24) is 9.61 Å². The molecule has 0 radical (unpaired) electrons. The Bertz CT molecular complexity index is 398. The van der Waals surface area contributed by atoms with Gasteiger partial charge in [0.15, 0.2) is 0 Å². The molecule has 0 aromatic carbocycles. The van der Waals surface area contributed by atoms with Crippen molar-refractivity contribution in [1.29, 1.82) is 0 Å². The number of pyridine rings is 1. The molecular weight excluding hydrogens is 181 g/mol. The first-order chi connectivity index (χ1) is 5.27. The third-order valence-corrected chi connectivity index (χ3v) is 1.51. The summed E-state index contributed by atoms with van der Waals surface area (Å²) in [5.74, 6) is -0.319. The summed E-state index contributed by atoms with van der Waals surface area (Å²) in [5, 5.41) is 3.83. The van der Waals surface area contributed by atoms with Crippen molar-refractivity contribution >= 4 is 23.6 Å². The van der Waals surface area contributed by atoms with Crippen LogP contribution < -0.4 is 5.73 Å². The van der Waals surface area contributed by atoms with Gasteiger partial charge in [-0.1, -0.05) is 0 Å². The number of hydrogen-bond donors (Lipinski definition) is 1. The fourth-order valence-corrected chi connectivity index (χ4v) is 0.979. The van der Waals surface area contributed by atoms with Gasteiger partial charge in [0.25, 0.3) is 0 Å². The van der Waals surface area contributed by atoms with Crippen LogP contribution in [0.4, 0.5) is 10.1 Å². The van der Waals surface area contributed by atoms with Gasteiger partial charge in [0.05, 0.1) is 23.6 Å². The van der Waals surface area contributed by atoms with Crippen LogP contribution in [0.5, 0.6) is 0 Å². The molecule has 0 spiro atoms. The predicted molar refractivity (Wildman–Crippen MR) is 46.8 cm³/mol. The zero-order valence-electron chi connectivity index (χ0n) is 6.07. The lowest BCUT2D eigenvalue weighted by Crippen LogP contribution is -1.88. The van der Waals surface area contributed by atoms with E-state index in [1.807, 2.05) is 0 Å². The van der Waals surface area contributed by atoms with Crippen LogP contribution in [0.15, 0.2) is 24.5 Å². The summed E-state index contributed by atoms with van der Waals surface area (Å²) in [5.41, 5.74) is 6.81. The van der Waals surface area contributed by atoms with Gasteiger partial charge < -0.3 is 5.73 Å². The number of rotatable bonds is 0. The van der Waals surface area contributed by atoms with Crippen LogP contribution in [0.3, 0.4) is 0 Å². The Labute approximate surface area is 74.4 Å². The van der Waals surface area contributed by atoms with Gasteiger partial charge in [-0.15, -0.1) is 12.4 Å². The monoisotopic (exact) mass is 187 g/mol. The molecule has 2 aromatic heterocycles. The number of fused-ring (bicyclic) bond motifs is 1. The Balaban J connectivity index is 0.000000720. The van der Waals surface area contributed by atoms with Crippen LogP contribution in [-0.4, -0.2) is 9.61 Å². The summed E-state index contributed by atoms with van der Waals surface area (Å²) in [7, 11) is 0. The van der Waals surface area contributed by atoms with Crippen LogP contribution in [0, 0.1) is 5.82 Å². The van der Waals surface area contributed by atoms with Gasteiger partial charge in [-0.25, -0.2) is 8.91 Å². The number of halogens is 2. The first kappa shape index (κ1) is 8.80. The summed E-state index contributed by atoms with van der Waals surface area (Å²) >= 11 is 0. The molecule has 2 aromatic rings. The molecular formula is C7H7ClFN3. The summed E-state index contributed by atoms with van der Waals surface area (Å²) in [6, 6.07) is 2.95. The highest BCUT2D eigenvalue weighted by Crippen LogP contribution is 2.11. The molecule has 0 atom stereocenters. The Morgan fingerprint density at radius 2 is 2.17 bits per heavy atom. The van der Waals surface area contributed by atoms with Crippen molar-refractivity contribution in [2.24, 2.45) is 0 Å². The molecule has 12 heavy (non-hydrogen) atoms. The molecule has 0 saturated carbocycles. The average molecular weight is 188 g/mol. The zero-order chi connectivity index (χ0) is 7.84. The van der Waals surface area contributed by atoms with Gasteiger partial charge in [-0.3, -0.25) is 0 Å². The number of hydrogen-bond acceptors (Lipinski definition) is 2. The maximum absolute atomic E-state index is 12.5. The largest absolute Gasteiger partial charge is 0.396 e. The Morgan fingerprint density at radius 1 is 1.42 bits per heavy atom. The second-order valence-corrected chi connectivity index (χ2v) is 2.28. The molecule has 5 heteroatoms. The van der Waals surface area contributed by atoms with Crippen LogP contribution in [-0.2, 0) is 0 Å². The Morgan fingerprint density at radius 3 is 2.92 bits per heavy atom. The van der Waals surface area contributed by atoms with Crippen molar-refractivity contribution in [3.8, 4) is 0 Å². The molecule has 2 heterocycles. The minimum Gasteiger partial charge on any atom is -0.396 e. The molecule has 0 aliphatic carbocycles. The number of nitrogens with zero attached hydrogens (tertiary/aromatic N) is 2. The quantitative estimate of drug-likeness (QED) is 0.679. The molecule has 0 fully saturated rings. The SMILES string of the molecule is Cl.Nc1cnn2cc(F)ccc12. The fourth-order valence-electron chi connectivity index (χ4n) is 0.979. The number of nitrogen functional groups attached to an aromatic ring is 1. The van der Waals surface area contributed by atoms with E-state index < -0.39 is 0 Å². The maximum Gasteiger partial charge on any atom is 0.141 e. The van der Waals surface area contributed by atoms with Crippen molar-refractivity contribution in [3.63, 3.8) is 0 Å². The third kappa shape index (κ3) is 1.21. The molecule has 0 amide bonds. The normalized spacial score (nSPS) is 9.75. The second kappa shape index (κ2) is 2.98. The summed E-state index contributed by atoms with van der Waals surface area (Å²) in [6.07, 6.45) is 2.78. The average Bonchev–Trinajstić information content (AvgIpc) is 2.32. The number of nitrogens with two attached hydrogens (primary N) is 1. The van der Waals surface area contributed by atoms with Crippen LogP contribution >= 0.6 is 12.4 Å². The highest BCUT2D eigenvalue weighted by atomic mass is 35.5. The van der Waals surface area contributed by atoms with Crippen LogP contribution in [0.25, 0.3) is 5.52 Å². The Hall–Kier alpha value is -1.29. The van der Waals surface area contributed by atoms with E-state index in [0.717, 1.165) is 5.52 Å². The smallest absolute Gasteiger partial charge is 0.141 e. The van der Waals surface area contributed by atoms with Gasteiger partial charge in [-0.05, 0) is 12.1 Å². The lowest BCUT2D eigenvalue weighted by molar-refractivity contribution is 0.615. The molecule has 2 N–H and O–H groups in total. The van der Waals surface area contributed by atoms with Crippen LogP contribution in [0.1, 0.15) is 0 Å². The van der Waals surface area contributed by atoms with E-state index in [2.05, 4.69) is 5.10 Å². The highest BCUT2D eigenvalue weighted by molar-refractivity contribution is 5.85. The fraction of sp³-hybridized carbons (Fsp3) is 0. The second-order valence-electron chi connectivity index (χ2n) is 2.28. The predicted octanol–water partition coefficient (Wildman–Crippen LogP) is 1.48. The van der Waals surface area contributed by atoms with E-state index in [0.29, 0.717) is 5.69 Å². The topological polar surface area (TPSA) is 43.3 Å². The van der Waals surface area contributed by atoms with Crippen molar-refractivity contribution < 1.29 is 4.39 Å². The molecule has 0 aliphatic rings. The first-order valence-corrected chi connectivity index (χ1v) is 3.16. The zero-order valence-corrected chi connectivity index (χ0v) is 6.88. The van der Waals surface area contributed by atoms with E-state index >= 15 is 0 Å². The lowest BCUT2D eigenvalue weighted by atomic mass is 10.4. The van der Waals surface area contributed by atoms with E-state index in [1.54, 1.807) is 6.07 Å². The molecule has 3 nitrogen and oxygen atoms in total. The summed E-state index contributed by atoms with van der Waals surface area (Å²) in [6.45, 7) is 0. The number of anilines is 1. The van der Waals surface area contributed by atoms with E-state index in [-0.39, 0.29) is 18.2 Å². The lowest BCUT2D eigenvalue weighted by Gasteiger charge is -1.92. The van der Waals surface area contributed by atoms with Crippen molar-refractivity contribution in [3.05, 3.63) is 30.3 Å². The minimum atomic E-state index is -0.319. The standard InChI is InChI=1S/C7H6FN3.ClH/c8-5-1-2-7-6(9)3-10-11(7)4-5;/h1-4H,9H2;1H. The summed E-state index contributed by atoms with van der Waals surface area (Å²) in [4.78, 5) is 0. The molecule has 2 rings (SSSR count). The molecule has 0 bridgehead atoms. The molecule has 0 unspecified atom stereocenters. The van der Waals surface area contributed by atoms with Gasteiger partial charge in [0, 0.05) is 0 Å². The van der Waals surface area contributed by atoms with E-state index in [4.69, 9.17) is 5.73 Å². The van der Waals surface area contributed by atoms with Gasteiger partial charge >= 0.3 is 0 Å². The van der Waals surface area contributed by atoms with Gasteiger partial charge in [-0.2, -0.15) is 5.10 Å². The summed E-state index contributed by atoms with van der Waals surface area (Å²) < 4.78 is 14.0.